The summed E-state index contributed by atoms with van der Waals surface area (Å²) in [6.07, 6.45) is -1.73. The van der Waals surface area contributed by atoms with Gasteiger partial charge < -0.3 is 20.5 Å². The second-order valence-electron chi connectivity index (χ2n) is 8.99. The summed E-state index contributed by atoms with van der Waals surface area (Å²) in [6, 6.07) is 16.8. The maximum Gasteiger partial charge on any atom is 0.416 e. The monoisotopic (exact) mass is 562 g/mol. The quantitative estimate of drug-likeness (QED) is 0.204. The topological polar surface area (TPSA) is 87.7 Å². The van der Waals surface area contributed by atoms with Gasteiger partial charge in [-0.25, -0.2) is 0 Å². The molecule has 0 aliphatic heterocycles. The molecule has 0 aliphatic rings. The van der Waals surface area contributed by atoms with Crippen LogP contribution in [0.2, 0.25) is 5.02 Å². The highest BCUT2D eigenvalue weighted by molar-refractivity contribution is 6.33. The Labute approximate surface area is 230 Å². The highest BCUT2D eigenvalue weighted by atomic mass is 35.5. The van der Waals surface area contributed by atoms with Crippen LogP contribution in [0, 0.1) is 0 Å². The number of rotatable bonds is 13. The van der Waals surface area contributed by atoms with Crippen LogP contribution in [-0.2, 0) is 11.0 Å². The molecule has 0 heterocycles. The molecule has 0 spiro atoms. The van der Waals surface area contributed by atoms with Crippen LogP contribution in [0.15, 0.2) is 66.7 Å². The predicted molar refractivity (Wildman–Crippen MR) is 145 cm³/mol. The van der Waals surface area contributed by atoms with Gasteiger partial charge in [-0.05, 0) is 66.6 Å². The average Bonchev–Trinajstić information content (AvgIpc) is 2.90. The normalized spacial score (nSPS) is 12.0. The van der Waals surface area contributed by atoms with Gasteiger partial charge in [0.15, 0.2) is 0 Å². The highest BCUT2D eigenvalue weighted by Crippen LogP contribution is 2.34. The minimum absolute atomic E-state index is 0.0337. The van der Waals surface area contributed by atoms with Crippen LogP contribution in [0.5, 0.6) is 5.75 Å². The number of anilines is 1. The van der Waals surface area contributed by atoms with Gasteiger partial charge in [0.2, 0.25) is 0 Å². The summed E-state index contributed by atoms with van der Waals surface area (Å²) < 4.78 is 44.5. The maximum atomic E-state index is 12.9. The Kier molecular flexibility index (Phi) is 10.6. The van der Waals surface area contributed by atoms with Gasteiger partial charge in [-0.2, -0.15) is 13.2 Å². The molecule has 0 saturated heterocycles. The molecule has 0 aromatic heterocycles. The van der Waals surface area contributed by atoms with Crippen molar-refractivity contribution in [3.63, 3.8) is 0 Å². The van der Waals surface area contributed by atoms with E-state index in [0.717, 1.165) is 37.1 Å². The molecular weight excluding hydrogens is 533 g/mol. The first-order valence-electron chi connectivity index (χ1n) is 12.5. The highest BCUT2D eigenvalue weighted by Gasteiger charge is 2.30. The number of nitrogens with one attached hydrogen (secondary N) is 2. The lowest BCUT2D eigenvalue weighted by molar-refractivity contribution is -0.138. The van der Waals surface area contributed by atoms with E-state index in [4.69, 9.17) is 21.4 Å². The number of amides is 1. The first-order valence-corrected chi connectivity index (χ1v) is 12.9. The largest absolute Gasteiger partial charge is 0.491 e. The summed E-state index contributed by atoms with van der Waals surface area (Å²) in [5.74, 6) is -0.787. The van der Waals surface area contributed by atoms with Crippen LogP contribution < -0.4 is 15.4 Å². The number of halogens is 4. The van der Waals surface area contributed by atoms with E-state index >= 15 is 0 Å². The van der Waals surface area contributed by atoms with Gasteiger partial charge in [0, 0.05) is 23.4 Å². The molecule has 0 fully saturated rings. The summed E-state index contributed by atoms with van der Waals surface area (Å²) in [5.41, 5.74) is 1.68. The van der Waals surface area contributed by atoms with Crippen LogP contribution in [0.1, 0.15) is 48.5 Å². The van der Waals surface area contributed by atoms with Crippen LogP contribution in [0.25, 0.3) is 11.1 Å². The molecule has 1 amide bonds. The zero-order valence-electron chi connectivity index (χ0n) is 21.4. The number of aliphatic carboxylic acids is 1. The molecule has 1 atom stereocenters. The molecule has 0 bridgehead atoms. The van der Waals surface area contributed by atoms with E-state index in [0.29, 0.717) is 34.1 Å². The molecule has 0 radical (unpaired) electrons. The third-order valence-corrected chi connectivity index (χ3v) is 6.28. The minimum Gasteiger partial charge on any atom is -0.491 e. The van der Waals surface area contributed by atoms with Gasteiger partial charge in [0.1, 0.15) is 12.4 Å². The zero-order chi connectivity index (χ0) is 28.4. The third-order valence-electron chi connectivity index (χ3n) is 5.96. The fourth-order valence-corrected chi connectivity index (χ4v) is 4.12. The number of carbonyl (C=O) groups is 2. The number of unbranched alkanes of at least 4 members (excludes halogenated alkanes) is 1. The lowest BCUT2D eigenvalue weighted by atomic mass is 10.0. The number of hydrogen-bond donors (Lipinski definition) is 3. The number of ether oxygens (including phenoxy) is 1. The first kappa shape index (κ1) is 29.8. The van der Waals surface area contributed by atoms with Crippen molar-refractivity contribution in [2.45, 2.75) is 44.8 Å². The summed E-state index contributed by atoms with van der Waals surface area (Å²) in [7, 11) is 0. The van der Waals surface area contributed by atoms with E-state index < -0.39 is 17.7 Å². The van der Waals surface area contributed by atoms with Gasteiger partial charge in [-0.3, -0.25) is 9.59 Å². The molecule has 3 aromatic carbocycles. The molecule has 3 N–H and O–H groups in total. The van der Waals surface area contributed by atoms with Crippen molar-refractivity contribution in [3.05, 3.63) is 82.9 Å². The van der Waals surface area contributed by atoms with Gasteiger partial charge >= 0.3 is 12.1 Å². The Bertz CT molecular complexity index is 1250. The number of benzene rings is 3. The molecule has 3 rings (SSSR count). The van der Waals surface area contributed by atoms with Crippen molar-refractivity contribution in [2.75, 3.05) is 18.5 Å². The van der Waals surface area contributed by atoms with Gasteiger partial charge in [-0.1, -0.05) is 43.5 Å². The Hall–Kier alpha value is -3.72. The lowest BCUT2D eigenvalue weighted by Gasteiger charge is -2.21. The van der Waals surface area contributed by atoms with Gasteiger partial charge in [-0.15, -0.1) is 0 Å². The fourth-order valence-electron chi connectivity index (χ4n) is 3.84. The summed E-state index contributed by atoms with van der Waals surface area (Å²) in [4.78, 5) is 22.8. The van der Waals surface area contributed by atoms with Crippen LogP contribution >= 0.6 is 11.6 Å². The Morgan fingerprint density at radius 3 is 2.31 bits per heavy atom. The second kappa shape index (κ2) is 13.9. The van der Waals surface area contributed by atoms with E-state index in [1.54, 1.807) is 42.5 Å². The van der Waals surface area contributed by atoms with Crippen LogP contribution in [-0.4, -0.2) is 36.2 Å². The smallest absolute Gasteiger partial charge is 0.416 e. The van der Waals surface area contributed by atoms with Gasteiger partial charge in [0.05, 0.1) is 23.0 Å². The molecule has 10 heteroatoms. The fraction of sp³-hybridized carbons (Fsp3) is 0.310. The predicted octanol–water partition coefficient (Wildman–Crippen LogP) is 7.28. The van der Waals surface area contributed by atoms with Crippen LogP contribution in [0.3, 0.4) is 0 Å². The molecule has 3 aromatic rings. The van der Waals surface area contributed by atoms with Crippen molar-refractivity contribution >= 4 is 29.2 Å². The average molecular weight is 563 g/mol. The molecule has 6 nitrogen and oxygen atoms in total. The zero-order valence-corrected chi connectivity index (χ0v) is 22.1. The van der Waals surface area contributed by atoms with E-state index in [2.05, 4.69) is 17.6 Å². The first-order chi connectivity index (χ1) is 18.6. The molecule has 208 valence electrons. The molecule has 1 unspecified atom stereocenters. The van der Waals surface area contributed by atoms with E-state index in [-0.39, 0.29) is 24.9 Å². The SMILES string of the molecule is CCCCC(COc1ccc(-c2ccc(C(F)(F)F)cc2)c(Cl)c1)Nc1ccc(C(=O)NCCC(=O)O)cc1. The van der Waals surface area contributed by atoms with Crippen molar-refractivity contribution in [1.29, 1.82) is 0 Å². The number of hydrogen-bond acceptors (Lipinski definition) is 4. The number of carboxylic acids is 1. The van der Waals surface area contributed by atoms with Crippen molar-refractivity contribution in [1.82, 2.24) is 5.32 Å². The summed E-state index contributed by atoms with van der Waals surface area (Å²) in [6.45, 7) is 2.49. The minimum atomic E-state index is -4.40. The Balaban J connectivity index is 1.61. The molecular formula is C29H30ClF3N2O4. The lowest BCUT2D eigenvalue weighted by Crippen LogP contribution is -2.27. The van der Waals surface area contributed by atoms with E-state index in [9.17, 15) is 22.8 Å². The summed E-state index contributed by atoms with van der Waals surface area (Å²) >= 11 is 6.43. The van der Waals surface area contributed by atoms with Gasteiger partial charge in [0.25, 0.3) is 5.91 Å². The van der Waals surface area contributed by atoms with Crippen molar-refractivity contribution in [3.8, 4) is 16.9 Å². The van der Waals surface area contributed by atoms with Crippen LogP contribution in [0.4, 0.5) is 18.9 Å². The Morgan fingerprint density at radius 1 is 1.03 bits per heavy atom. The van der Waals surface area contributed by atoms with Crippen molar-refractivity contribution in [2.24, 2.45) is 0 Å². The number of carbonyl (C=O) groups excluding carboxylic acids is 1. The Morgan fingerprint density at radius 2 is 1.72 bits per heavy atom. The number of alkyl halides is 3. The standard InChI is InChI=1S/C29H30ClF3N2O4/c1-2-3-4-23(35-22-11-7-20(8-12-22)28(38)34-16-15-27(36)37)18-39-24-13-14-25(26(30)17-24)19-5-9-21(10-6-19)29(31,32)33/h5-14,17,23,35H,2-4,15-16,18H2,1H3,(H,34,38)(H,36,37). The number of carboxylic acid groups (broad SMARTS) is 1. The van der Waals surface area contributed by atoms with E-state index in [1.165, 1.54) is 12.1 Å². The maximum absolute atomic E-state index is 12.9. The molecule has 0 aliphatic carbocycles. The third kappa shape index (κ3) is 9.21. The molecule has 39 heavy (non-hydrogen) atoms. The molecule has 0 saturated carbocycles. The van der Waals surface area contributed by atoms with E-state index in [1.807, 2.05) is 0 Å². The van der Waals surface area contributed by atoms with Crippen molar-refractivity contribution < 1.29 is 32.6 Å². The summed E-state index contributed by atoms with van der Waals surface area (Å²) in [5, 5.41) is 15.0. The second-order valence-corrected chi connectivity index (χ2v) is 9.40.